The molecule has 0 rings (SSSR count). The molecule has 0 aliphatic carbocycles. The second-order valence-corrected chi connectivity index (χ2v) is 6.08. The van der Waals surface area contributed by atoms with Crippen LogP contribution in [-0.4, -0.2) is 61.3 Å². The van der Waals surface area contributed by atoms with Crippen LogP contribution >= 0.6 is 0 Å². The topological polar surface area (TPSA) is 82.1 Å². The van der Waals surface area contributed by atoms with Crippen LogP contribution < -0.4 is 0 Å². The maximum Gasteiger partial charge on any atom is 0.325 e. The van der Waals surface area contributed by atoms with Crippen molar-refractivity contribution in [1.82, 2.24) is 4.90 Å². The van der Waals surface area contributed by atoms with Gasteiger partial charge in [0, 0.05) is 0 Å². The molecule has 7 heteroatoms. The molecule has 0 saturated heterocycles. The molecule has 1 atom stereocenters. The molecule has 0 aromatic heterocycles. The highest BCUT2D eigenvalue weighted by Gasteiger charge is 2.45. The lowest BCUT2D eigenvalue weighted by molar-refractivity contribution is -0.177. The molecular formula is C17H27NO6. The number of hydrogen-bond donors (Lipinski definition) is 0. The standard InChI is InChI=1S/C17H27NO6/c1-8-11-18(7)13(16(21)24-17(4,5)6)12(14(19)22-9-2)15(20)23-10-3/h1,12-13H,9-11H2,2-7H3. The predicted molar refractivity (Wildman–Crippen MR) is 87.9 cm³/mol. The molecule has 0 radical (unpaired) electrons. The zero-order valence-electron chi connectivity index (χ0n) is 15.3. The van der Waals surface area contributed by atoms with E-state index >= 15 is 0 Å². The zero-order chi connectivity index (χ0) is 18.9. The number of nitrogens with zero attached hydrogens (tertiary/aromatic N) is 1. The Morgan fingerprint density at radius 2 is 1.50 bits per heavy atom. The lowest BCUT2D eigenvalue weighted by atomic mass is 9.98. The highest BCUT2D eigenvalue weighted by molar-refractivity contribution is 6.00. The second-order valence-electron chi connectivity index (χ2n) is 6.08. The van der Waals surface area contributed by atoms with Crippen molar-refractivity contribution in [1.29, 1.82) is 0 Å². The molecule has 0 aliphatic rings. The van der Waals surface area contributed by atoms with E-state index in [1.54, 1.807) is 34.6 Å². The first kappa shape index (κ1) is 21.9. The third-order valence-electron chi connectivity index (χ3n) is 2.86. The third kappa shape index (κ3) is 7.01. The highest BCUT2D eigenvalue weighted by Crippen LogP contribution is 2.20. The molecule has 0 bridgehead atoms. The molecule has 7 nitrogen and oxygen atoms in total. The van der Waals surface area contributed by atoms with E-state index in [0.29, 0.717) is 0 Å². The molecule has 0 saturated carbocycles. The largest absolute Gasteiger partial charge is 0.465 e. The fourth-order valence-corrected chi connectivity index (χ4v) is 1.99. The molecule has 1 unspecified atom stereocenters. The second kappa shape index (κ2) is 9.93. The van der Waals surface area contributed by atoms with E-state index in [1.165, 1.54) is 11.9 Å². The van der Waals surface area contributed by atoms with Gasteiger partial charge in [-0.3, -0.25) is 19.3 Å². The summed E-state index contributed by atoms with van der Waals surface area (Å²) in [5.41, 5.74) is -0.791. The van der Waals surface area contributed by atoms with Crippen molar-refractivity contribution in [3.63, 3.8) is 0 Å². The van der Waals surface area contributed by atoms with Gasteiger partial charge in [0.05, 0.1) is 19.8 Å². The zero-order valence-corrected chi connectivity index (χ0v) is 15.3. The summed E-state index contributed by atoms with van der Waals surface area (Å²) in [5, 5.41) is 0. The Kier molecular flexibility index (Phi) is 9.08. The molecule has 0 N–H and O–H groups in total. The first-order chi connectivity index (χ1) is 11.1. The highest BCUT2D eigenvalue weighted by atomic mass is 16.6. The summed E-state index contributed by atoms with van der Waals surface area (Å²) < 4.78 is 15.2. The van der Waals surface area contributed by atoms with Crippen molar-refractivity contribution in [3.05, 3.63) is 0 Å². The lowest BCUT2D eigenvalue weighted by Gasteiger charge is -2.31. The SMILES string of the molecule is C#CCN(C)C(C(=O)OC(C)(C)C)C(C(=O)OCC)C(=O)OCC. The van der Waals surface area contributed by atoms with E-state index in [9.17, 15) is 14.4 Å². The summed E-state index contributed by atoms with van der Waals surface area (Å²) in [6.07, 6.45) is 5.29. The average molecular weight is 341 g/mol. The molecule has 0 spiro atoms. The minimum Gasteiger partial charge on any atom is -0.465 e. The normalized spacial score (nSPS) is 12.5. The summed E-state index contributed by atoms with van der Waals surface area (Å²) in [4.78, 5) is 38.5. The first-order valence-corrected chi connectivity index (χ1v) is 7.78. The predicted octanol–water partition coefficient (Wildman–Crippen LogP) is 1.00. The summed E-state index contributed by atoms with van der Waals surface area (Å²) >= 11 is 0. The van der Waals surface area contributed by atoms with Crippen LogP contribution in [-0.2, 0) is 28.6 Å². The van der Waals surface area contributed by atoms with E-state index in [-0.39, 0.29) is 19.8 Å². The van der Waals surface area contributed by atoms with Gasteiger partial charge in [-0.25, -0.2) is 0 Å². The van der Waals surface area contributed by atoms with Crippen LogP contribution in [0.15, 0.2) is 0 Å². The Morgan fingerprint density at radius 1 is 1.04 bits per heavy atom. The molecule has 0 amide bonds. The van der Waals surface area contributed by atoms with E-state index < -0.39 is 35.5 Å². The molecule has 0 aliphatic heterocycles. The summed E-state index contributed by atoms with van der Waals surface area (Å²) in [6, 6.07) is -1.24. The number of terminal acetylenes is 1. The summed E-state index contributed by atoms with van der Waals surface area (Å²) in [5.74, 6) is -1.54. The van der Waals surface area contributed by atoms with Crippen molar-refractivity contribution in [2.24, 2.45) is 5.92 Å². The minimum absolute atomic E-state index is 0.0409. The number of carbonyl (C=O) groups excluding carboxylic acids is 3. The van der Waals surface area contributed by atoms with Crippen molar-refractivity contribution in [2.75, 3.05) is 26.8 Å². The number of likely N-dealkylation sites (N-methyl/N-ethyl adjacent to an activating group) is 1. The van der Waals surface area contributed by atoms with Crippen LogP contribution in [0.2, 0.25) is 0 Å². The fraction of sp³-hybridized carbons (Fsp3) is 0.706. The van der Waals surface area contributed by atoms with Crippen LogP contribution in [0.3, 0.4) is 0 Å². The Bertz CT molecular complexity index is 470. The Hall–Kier alpha value is -2.07. The number of esters is 3. The lowest BCUT2D eigenvalue weighted by Crippen LogP contribution is -2.53. The number of rotatable bonds is 8. The van der Waals surface area contributed by atoms with Gasteiger partial charge in [0.15, 0.2) is 5.92 Å². The maximum absolute atomic E-state index is 12.6. The average Bonchev–Trinajstić information content (AvgIpc) is 2.42. The Morgan fingerprint density at radius 3 is 1.83 bits per heavy atom. The first-order valence-electron chi connectivity index (χ1n) is 7.78. The van der Waals surface area contributed by atoms with E-state index in [1.807, 2.05) is 0 Å². The molecule has 136 valence electrons. The van der Waals surface area contributed by atoms with Crippen LogP contribution in [0.5, 0.6) is 0 Å². The number of ether oxygens (including phenoxy) is 3. The molecule has 0 heterocycles. The monoisotopic (exact) mass is 341 g/mol. The van der Waals surface area contributed by atoms with Crippen LogP contribution in [0, 0.1) is 18.3 Å². The van der Waals surface area contributed by atoms with Gasteiger partial charge in [-0.05, 0) is 41.7 Å². The van der Waals surface area contributed by atoms with Crippen LogP contribution in [0.1, 0.15) is 34.6 Å². The van der Waals surface area contributed by atoms with Crippen molar-refractivity contribution < 1.29 is 28.6 Å². The number of hydrogen-bond acceptors (Lipinski definition) is 7. The Labute approximate surface area is 143 Å². The van der Waals surface area contributed by atoms with E-state index in [2.05, 4.69) is 5.92 Å². The van der Waals surface area contributed by atoms with Gasteiger partial charge in [0.2, 0.25) is 0 Å². The van der Waals surface area contributed by atoms with Crippen molar-refractivity contribution in [3.8, 4) is 12.3 Å². The van der Waals surface area contributed by atoms with Crippen LogP contribution in [0.25, 0.3) is 0 Å². The summed E-state index contributed by atoms with van der Waals surface area (Å²) in [7, 11) is 1.53. The van der Waals surface area contributed by atoms with E-state index in [0.717, 1.165) is 0 Å². The Balaban J connectivity index is 5.79. The van der Waals surface area contributed by atoms with Gasteiger partial charge in [0.1, 0.15) is 11.6 Å². The molecule has 0 fully saturated rings. The molecular weight excluding hydrogens is 314 g/mol. The molecule has 24 heavy (non-hydrogen) atoms. The maximum atomic E-state index is 12.6. The van der Waals surface area contributed by atoms with Gasteiger partial charge >= 0.3 is 17.9 Å². The quantitative estimate of drug-likeness (QED) is 0.282. The van der Waals surface area contributed by atoms with Gasteiger partial charge in [-0.15, -0.1) is 6.42 Å². The van der Waals surface area contributed by atoms with E-state index in [4.69, 9.17) is 20.6 Å². The minimum atomic E-state index is -1.47. The van der Waals surface area contributed by atoms with Gasteiger partial charge < -0.3 is 14.2 Å². The van der Waals surface area contributed by atoms with Gasteiger partial charge in [-0.2, -0.15) is 0 Å². The van der Waals surface area contributed by atoms with Gasteiger partial charge in [0.25, 0.3) is 0 Å². The van der Waals surface area contributed by atoms with Crippen LogP contribution in [0.4, 0.5) is 0 Å². The summed E-state index contributed by atoms with van der Waals surface area (Å²) in [6.45, 7) is 8.44. The molecule has 0 aromatic carbocycles. The third-order valence-corrected chi connectivity index (χ3v) is 2.86. The van der Waals surface area contributed by atoms with Crippen molar-refractivity contribution in [2.45, 2.75) is 46.3 Å². The number of carbonyl (C=O) groups is 3. The van der Waals surface area contributed by atoms with Gasteiger partial charge in [-0.1, -0.05) is 5.92 Å². The fourth-order valence-electron chi connectivity index (χ4n) is 1.99. The molecule has 0 aromatic rings. The van der Waals surface area contributed by atoms with Crippen molar-refractivity contribution >= 4 is 17.9 Å². The smallest absolute Gasteiger partial charge is 0.325 e.